The van der Waals surface area contributed by atoms with Crippen molar-refractivity contribution in [3.05, 3.63) is 42.2 Å². The lowest BCUT2D eigenvalue weighted by molar-refractivity contribution is 0.401. The highest BCUT2D eigenvalue weighted by Gasteiger charge is 2.11. The van der Waals surface area contributed by atoms with Gasteiger partial charge in [0.1, 0.15) is 0 Å². The summed E-state index contributed by atoms with van der Waals surface area (Å²) in [6, 6.07) is 8.23. The molecule has 0 heterocycles. The highest BCUT2D eigenvalue weighted by atomic mass is 32.2. The third-order valence-corrected chi connectivity index (χ3v) is 2.83. The number of hydrogen-bond acceptors (Lipinski definition) is 2. The number of benzene rings is 1. The molecule has 0 aliphatic carbocycles. The smallest absolute Gasteiger partial charge is 0.0894 e. The number of allylic oxidation sites excluding steroid dienone is 1. The van der Waals surface area contributed by atoms with Crippen LogP contribution in [0.5, 0.6) is 0 Å². The zero-order valence-electron chi connectivity index (χ0n) is 9.58. The largest absolute Gasteiger partial charge is 0.513 e. The molecule has 0 aliphatic rings. The zero-order valence-corrected chi connectivity index (χ0v) is 10.4. The maximum absolute atomic E-state index is 9.13. The first-order valence-corrected chi connectivity index (χ1v) is 5.83. The molecule has 0 saturated heterocycles. The van der Waals surface area contributed by atoms with E-state index in [-0.39, 0.29) is 10.5 Å². The fraction of sp³-hybridized carbons (Fsp3) is 0.385. The van der Waals surface area contributed by atoms with E-state index in [1.807, 2.05) is 23.9 Å². The Labute approximate surface area is 96.2 Å². The Morgan fingerprint density at radius 2 is 2.07 bits per heavy atom. The number of aliphatic hydroxyl groups excluding tert-OH is 1. The van der Waals surface area contributed by atoms with Crippen LogP contribution in [0.3, 0.4) is 0 Å². The molecule has 0 atom stereocenters. The standard InChI is InChI=1S/C13H18OS/c1-10(14)8-11-6-5-7-12(9-11)15-13(2,3)4/h5-7,9,14H,1,8H2,2-4H3. The molecule has 0 aromatic heterocycles. The predicted octanol–water partition coefficient (Wildman–Crippen LogP) is 4.19. The van der Waals surface area contributed by atoms with Crippen LogP contribution in [0, 0.1) is 0 Å². The van der Waals surface area contributed by atoms with E-state index in [2.05, 4.69) is 39.5 Å². The van der Waals surface area contributed by atoms with Crippen LogP contribution in [0.15, 0.2) is 41.5 Å². The first-order valence-electron chi connectivity index (χ1n) is 5.01. The van der Waals surface area contributed by atoms with Gasteiger partial charge in [0.2, 0.25) is 0 Å². The van der Waals surface area contributed by atoms with Crippen LogP contribution in [-0.2, 0) is 6.42 Å². The lowest BCUT2D eigenvalue weighted by Gasteiger charge is -2.17. The van der Waals surface area contributed by atoms with Crippen molar-refractivity contribution < 1.29 is 5.11 Å². The summed E-state index contributed by atoms with van der Waals surface area (Å²) in [5.74, 6) is 0.216. The van der Waals surface area contributed by atoms with Gasteiger partial charge in [-0.2, -0.15) is 0 Å². The highest BCUT2D eigenvalue weighted by Crippen LogP contribution is 2.32. The quantitative estimate of drug-likeness (QED) is 0.611. The Kier molecular flexibility index (Phi) is 3.86. The summed E-state index contributed by atoms with van der Waals surface area (Å²) in [4.78, 5) is 1.24. The second-order valence-electron chi connectivity index (χ2n) is 4.60. The number of aliphatic hydroxyl groups is 1. The van der Waals surface area contributed by atoms with Crippen molar-refractivity contribution in [2.75, 3.05) is 0 Å². The maximum atomic E-state index is 9.13. The highest BCUT2D eigenvalue weighted by molar-refractivity contribution is 8.00. The summed E-state index contributed by atoms with van der Waals surface area (Å²) in [6.07, 6.45) is 0.540. The van der Waals surface area contributed by atoms with Crippen molar-refractivity contribution in [1.82, 2.24) is 0 Å². The fourth-order valence-electron chi connectivity index (χ4n) is 1.31. The van der Waals surface area contributed by atoms with Gasteiger partial charge in [0.25, 0.3) is 0 Å². The SMILES string of the molecule is C=C(O)Cc1cccc(SC(C)(C)C)c1. The van der Waals surface area contributed by atoms with E-state index >= 15 is 0 Å². The van der Waals surface area contributed by atoms with Crippen LogP contribution < -0.4 is 0 Å². The minimum Gasteiger partial charge on any atom is -0.513 e. The zero-order chi connectivity index (χ0) is 11.5. The van der Waals surface area contributed by atoms with Crippen LogP contribution in [0.4, 0.5) is 0 Å². The topological polar surface area (TPSA) is 20.2 Å². The van der Waals surface area contributed by atoms with Crippen LogP contribution in [0.25, 0.3) is 0 Å². The van der Waals surface area contributed by atoms with Crippen molar-refractivity contribution >= 4 is 11.8 Å². The average molecular weight is 222 g/mol. The molecule has 0 fully saturated rings. The summed E-state index contributed by atoms with van der Waals surface area (Å²) in [5, 5.41) is 9.13. The molecule has 0 amide bonds. The average Bonchev–Trinajstić information content (AvgIpc) is 1.99. The Morgan fingerprint density at radius 3 is 2.60 bits per heavy atom. The van der Waals surface area contributed by atoms with E-state index in [0.717, 1.165) is 5.56 Å². The molecule has 15 heavy (non-hydrogen) atoms. The van der Waals surface area contributed by atoms with E-state index in [0.29, 0.717) is 6.42 Å². The van der Waals surface area contributed by atoms with Gasteiger partial charge in [0.05, 0.1) is 5.76 Å². The summed E-state index contributed by atoms with van der Waals surface area (Å²) < 4.78 is 0.217. The molecule has 0 unspecified atom stereocenters. The fourth-order valence-corrected chi connectivity index (χ4v) is 2.37. The van der Waals surface area contributed by atoms with E-state index in [1.54, 1.807) is 0 Å². The molecule has 1 N–H and O–H groups in total. The molecule has 0 aliphatic heterocycles. The third-order valence-electron chi connectivity index (χ3n) is 1.73. The van der Waals surface area contributed by atoms with Gasteiger partial charge in [0, 0.05) is 16.1 Å². The van der Waals surface area contributed by atoms with Crippen LogP contribution in [0.1, 0.15) is 26.3 Å². The minimum atomic E-state index is 0.216. The maximum Gasteiger partial charge on any atom is 0.0894 e. The normalized spacial score (nSPS) is 11.4. The molecule has 2 heteroatoms. The second kappa shape index (κ2) is 4.75. The lowest BCUT2D eigenvalue weighted by Crippen LogP contribution is -2.06. The van der Waals surface area contributed by atoms with Gasteiger partial charge in [-0.3, -0.25) is 0 Å². The molecule has 0 spiro atoms. The molecule has 1 aromatic carbocycles. The van der Waals surface area contributed by atoms with Gasteiger partial charge in [-0.05, 0) is 17.7 Å². The Bertz CT molecular complexity index is 350. The number of hydrogen-bond donors (Lipinski definition) is 1. The summed E-state index contributed by atoms with van der Waals surface area (Å²) in [5.41, 5.74) is 1.11. The van der Waals surface area contributed by atoms with Crippen molar-refractivity contribution in [3.63, 3.8) is 0 Å². The molecular weight excluding hydrogens is 204 g/mol. The monoisotopic (exact) mass is 222 g/mol. The van der Waals surface area contributed by atoms with Crippen LogP contribution in [0.2, 0.25) is 0 Å². The predicted molar refractivity (Wildman–Crippen MR) is 67.5 cm³/mol. The number of thioether (sulfide) groups is 1. The first kappa shape index (κ1) is 12.2. The molecule has 0 radical (unpaired) electrons. The van der Waals surface area contributed by atoms with Crippen molar-refractivity contribution in [2.24, 2.45) is 0 Å². The van der Waals surface area contributed by atoms with Crippen LogP contribution >= 0.6 is 11.8 Å². The van der Waals surface area contributed by atoms with E-state index < -0.39 is 0 Å². The number of rotatable bonds is 3. The minimum absolute atomic E-state index is 0.216. The third kappa shape index (κ3) is 4.93. The van der Waals surface area contributed by atoms with E-state index in [4.69, 9.17) is 5.11 Å². The molecular formula is C13H18OS. The van der Waals surface area contributed by atoms with Gasteiger partial charge in [-0.15, -0.1) is 11.8 Å². The molecule has 1 nitrogen and oxygen atoms in total. The summed E-state index contributed by atoms with van der Waals surface area (Å²) >= 11 is 1.83. The van der Waals surface area contributed by atoms with Gasteiger partial charge >= 0.3 is 0 Å². The van der Waals surface area contributed by atoms with Gasteiger partial charge in [-0.25, -0.2) is 0 Å². The Hall–Kier alpha value is -0.890. The van der Waals surface area contributed by atoms with E-state index in [9.17, 15) is 0 Å². The van der Waals surface area contributed by atoms with Crippen molar-refractivity contribution in [3.8, 4) is 0 Å². The molecule has 82 valence electrons. The molecule has 1 aromatic rings. The molecule has 0 saturated carbocycles. The molecule has 1 rings (SSSR count). The van der Waals surface area contributed by atoms with Crippen molar-refractivity contribution in [2.45, 2.75) is 36.8 Å². The van der Waals surface area contributed by atoms with Gasteiger partial charge in [-0.1, -0.05) is 39.5 Å². The van der Waals surface area contributed by atoms with Gasteiger partial charge in [0.15, 0.2) is 0 Å². The summed E-state index contributed by atoms with van der Waals surface area (Å²) in [7, 11) is 0. The lowest BCUT2D eigenvalue weighted by atomic mass is 10.1. The van der Waals surface area contributed by atoms with Crippen molar-refractivity contribution in [1.29, 1.82) is 0 Å². The van der Waals surface area contributed by atoms with Crippen LogP contribution in [-0.4, -0.2) is 9.85 Å². The van der Waals surface area contributed by atoms with Gasteiger partial charge < -0.3 is 5.11 Å². The Balaban J connectivity index is 2.79. The molecule has 0 bridgehead atoms. The Morgan fingerprint density at radius 1 is 1.40 bits per heavy atom. The van der Waals surface area contributed by atoms with E-state index in [1.165, 1.54) is 4.90 Å². The summed E-state index contributed by atoms with van der Waals surface area (Å²) in [6.45, 7) is 10.1. The first-order chi connectivity index (χ1) is 6.87. The second-order valence-corrected chi connectivity index (χ2v) is 6.51.